The Balaban J connectivity index is 1.53. The molecule has 2 aromatic rings. The Kier molecular flexibility index (Phi) is 6.12. The molecule has 26 heavy (non-hydrogen) atoms. The van der Waals surface area contributed by atoms with Crippen LogP contribution in [0.2, 0.25) is 0 Å². The minimum absolute atomic E-state index is 0.412. The van der Waals surface area contributed by atoms with Gasteiger partial charge in [0.15, 0.2) is 0 Å². The first-order chi connectivity index (χ1) is 12.7. The average molecular weight is 358 g/mol. The topological polar surface area (TPSA) is 68.7 Å². The molecule has 0 spiro atoms. The number of anilines is 1. The third kappa shape index (κ3) is 4.54. The lowest BCUT2D eigenvalue weighted by molar-refractivity contribution is 0.376. The molecule has 1 fully saturated rings. The summed E-state index contributed by atoms with van der Waals surface area (Å²) in [6.07, 6.45) is 3.86. The highest BCUT2D eigenvalue weighted by Gasteiger charge is 2.20. The maximum atomic E-state index is 5.33. The van der Waals surface area contributed by atoms with E-state index in [1.807, 2.05) is 24.3 Å². The van der Waals surface area contributed by atoms with Gasteiger partial charge < -0.3 is 24.4 Å². The molecule has 0 amide bonds. The third-order valence-electron chi connectivity index (χ3n) is 4.63. The zero-order valence-electron chi connectivity index (χ0n) is 15.6. The predicted molar refractivity (Wildman–Crippen MR) is 100 cm³/mol. The number of hydrogen-bond donors (Lipinski definition) is 1. The van der Waals surface area contributed by atoms with E-state index in [4.69, 9.17) is 14.2 Å². The van der Waals surface area contributed by atoms with Gasteiger partial charge in [-0.1, -0.05) is 0 Å². The van der Waals surface area contributed by atoms with Crippen molar-refractivity contribution in [3.63, 3.8) is 0 Å². The Labute approximate surface area is 154 Å². The van der Waals surface area contributed by atoms with Gasteiger partial charge in [-0.25, -0.2) is 4.98 Å². The number of nitrogens with one attached hydrogen (secondary N) is 1. The molecule has 0 unspecified atom stereocenters. The van der Waals surface area contributed by atoms with Gasteiger partial charge in [0.2, 0.25) is 0 Å². The largest absolute Gasteiger partial charge is 0.497 e. The van der Waals surface area contributed by atoms with Gasteiger partial charge in [0.25, 0.3) is 0 Å². The van der Waals surface area contributed by atoms with E-state index in [0.717, 1.165) is 55.4 Å². The van der Waals surface area contributed by atoms with Crippen LogP contribution in [0.15, 0.2) is 30.5 Å². The molecule has 2 heterocycles. The highest BCUT2D eigenvalue weighted by atomic mass is 16.5. The zero-order chi connectivity index (χ0) is 18.4. The number of rotatable bonds is 7. The molecule has 1 aromatic carbocycles. The third-order valence-corrected chi connectivity index (χ3v) is 4.63. The van der Waals surface area contributed by atoms with Crippen LogP contribution in [0.5, 0.6) is 17.5 Å². The van der Waals surface area contributed by atoms with E-state index < -0.39 is 0 Å². The standard InChI is InChI=1S/C19H26N4O3/c1-24-16-10-14(11-17(12-16)25-2)13-21-15-5-8-23(9-6-15)18-4-7-20-19(22-18)26-3/h4,7,10-12,15,21H,5-6,8-9,13H2,1-3H3. The van der Waals surface area contributed by atoms with Crippen molar-refractivity contribution in [1.29, 1.82) is 0 Å². The number of hydrogen-bond acceptors (Lipinski definition) is 7. The van der Waals surface area contributed by atoms with Crippen LogP contribution in [0.25, 0.3) is 0 Å². The molecule has 0 atom stereocenters. The quantitative estimate of drug-likeness (QED) is 0.814. The van der Waals surface area contributed by atoms with Crippen LogP contribution < -0.4 is 24.4 Å². The van der Waals surface area contributed by atoms with Crippen molar-refractivity contribution in [3.05, 3.63) is 36.0 Å². The normalized spacial score (nSPS) is 15.0. The van der Waals surface area contributed by atoms with E-state index >= 15 is 0 Å². The molecular formula is C19H26N4O3. The average Bonchev–Trinajstić information content (AvgIpc) is 2.72. The van der Waals surface area contributed by atoms with Crippen LogP contribution in [-0.4, -0.2) is 50.4 Å². The summed E-state index contributed by atoms with van der Waals surface area (Å²) in [4.78, 5) is 10.8. The van der Waals surface area contributed by atoms with Gasteiger partial charge in [-0.2, -0.15) is 4.98 Å². The molecule has 1 aliphatic heterocycles. The van der Waals surface area contributed by atoms with Crippen molar-refractivity contribution in [2.75, 3.05) is 39.3 Å². The molecule has 0 saturated carbocycles. The molecule has 0 radical (unpaired) electrons. The number of methoxy groups -OCH3 is 3. The lowest BCUT2D eigenvalue weighted by Gasteiger charge is -2.33. The fourth-order valence-electron chi connectivity index (χ4n) is 3.15. The van der Waals surface area contributed by atoms with Gasteiger partial charge in [0, 0.05) is 37.9 Å². The Bertz CT molecular complexity index is 695. The Morgan fingerprint density at radius 3 is 2.35 bits per heavy atom. The van der Waals surface area contributed by atoms with E-state index in [1.54, 1.807) is 27.5 Å². The Hall–Kier alpha value is -2.54. The van der Waals surface area contributed by atoms with Gasteiger partial charge in [0.05, 0.1) is 21.3 Å². The number of nitrogens with zero attached hydrogens (tertiary/aromatic N) is 3. The van der Waals surface area contributed by atoms with Crippen molar-refractivity contribution >= 4 is 5.82 Å². The first-order valence-corrected chi connectivity index (χ1v) is 8.79. The smallest absolute Gasteiger partial charge is 0.318 e. The molecule has 1 N–H and O–H groups in total. The SMILES string of the molecule is COc1cc(CNC2CCN(c3ccnc(OC)n3)CC2)cc(OC)c1. The Morgan fingerprint density at radius 2 is 1.73 bits per heavy atom. The fourth-order valence-corrected chi connectivity index (χ4v) is 3.15. The van der Waals surface area contributed by atoms with Crippen LogP contribution in [0.3, 0.4) is 0 Å². The fraction of sp³-hybridized carbons (Fsp3) is 0.474. The van der Waals surface area contributed by atoms with Gasteiger partial charge in [0.1, 0.15) is 17.3 Å². The van der Waals surface area contributed by atoms with Crippen molar-refractivity contribution in [3.8, 4) is 17.5 Å². The molecule has 1 aromatic heterocycles. The summed E-state index contributed by atoms with van der Waals surface area (Å²) in [5.41, 5.74) is 1.16. The molecular weight excluding hydrogens is 332 g/mol. The van der Waals surface area contributed by atoms with Crippen molar-refractivity contribution in [2.24, 2.45) is 0 Å². The molecule has 7 nitrogen and oxygen atoms in total. The van der Waals surface area contributed by atoms with Crippen LogP contribution in [0, 0.1) is 0 Å². The summed E-state index contributed by atoms with van der Waals surface area (Å²) in [5, 5.41) is 3.64. The summed E-state index contributed by atoms with van der Waals surface area (Å²) in [6, 6.07) is 8.79. The van der Waals surface area contributed by atoms with Crippen LogP contribution in [-0.2, 0) is 6.54 Å². The minimum Gasteiger partial charge on any atom is -0.497 e. The van der Waals surface area contributed by atoms with E-state index in [-0.39, 0.29) is 0 Å². The molecule has 0 aliphatic carbocycles. The van der Waals surface area contributed by atoms with Gasteiger partial charge in [-0.3, -0.25) is 0 Å². The summed E-state index contributed by atoms with van der Waals surface area (Å²) in [6.45, 7) is 2.71. The lowest BCUT2D eigenvalue weighted by Crippen LogP contribution is -2.42. The van der Waals surface area contributed by atoms with Crippen molar-refractivity contribution in [1.82, 2.24) is 15.3 Å². The predicted octanol–water partition coefficient (Wildman–Crippen LogP) is 2.26. The van der Waals surface area contributed by atoms with Crippen LogP contribution >= 0.6 is 0 Å². The monoisotopic (exact) mass is 358 g/mol. The maximum absolute atomic E-state index is 5.33. The lowest BCUT2D eigenvalue weighted by atomic mass is 10.0. The second kappa shape index (κ2) is 8.71. The van der Waals surface area contributed by atoms with E-state index in [0.29, 0.717) is 12.1 Å². The second-order valence-corrected chi connectivity index (χ2v) is 6.26. The van der Waals surface area contributed by atoms with Gasteiger partial charge in [-0.15, -0.1) is 0 Å². The number of aromatic nitrogens is 2. The number of ether oxygens (including phenoxy) is 3. The summed E-state index contributed by atoms with van der Waals surface area (Å²) in [7, 11) is 4.93. The van der Waals surface area contributed by atoms with Gasteiger partial charge in [-0.05, 0) is 36.6 Å². The van der Waals surface area contributed by atoms with E-state index in [2.05, 4.69) is 20.2 Å². The van der Waals surface area contributed by atoms with Gasteiger partial charge >= 0.3 is 6.01 Å². The highest BCUT2D eigenvalue weighted by Crippen LogP contribution is 2.23. The molecule has 3 rings (SSSR count). The minimum atomic E-state index is 0.412. The second-order valence-electron chi connectivity index (χ2n) is 6.26. The first kappa shape index (κ1) is 18.3. The first-order valence-electron chi connectivity index (χ1n) is 8.79. The van der Waals surface area contributed by atoms with E-state index in [1.165, 1.54) is 0 Å². The summed E-state index contributed by atoms with van der Waals surface area (Å²) >= 11 is 0. The van der Waals surface area contributed by atoms with Crippen molar-refractivity contribution < 1.29 is 14.2 Å². The van der Waals surface area contributed by atoms with Crippen molar-refractivity contribution in [2.45, 2.75) is 25.4 Å². The highest BCUT2D eigenvalue weighted by molar-refractivity contribution is 5.39. The van der Waals surface area contributed by atoms with Crippen LogP contribution in [0.4, 0.5) is 5.82 Å². The number of piperidine rings is 1. The molecule has 1 saturated heterocycles. The molecule has 140 valence electrons. The molecule has 7 heteroatoms. The molecule has 0 bridgehead atoms. The summed E-state index contributed by atoms with van der Waals surface area (Å²) < 4.78 is 15.8. The zero-order valence-corrected chi connectivity index (χ0v) is 15.6. The maximum Gasteiger partial charge on any atom is 0.318 e. The van der Waals surface area contributed by atoms with E-state index in [9.17, 15) is 0 Å². The Morgan fingerprint density at radius 1 is 1.04 bits per heavy atom. The summed E-state index contributed by atoms with van der Waals surface area (Å²) in [5.74, 6) is 2.55. The number of benzene rings is 1. The van der Waals surface area contributed by atoms with Crippen LogP contribution in [0.1, 0.15) is 18.4 Å². The molecule has 1 aliphatic rings.